The van der Waals surface area contributed by atoms with Crippen molar-refractivity contribution in [3.8, 4) is 11.8 Å². The van der Waals surface area contributed by atoms with E-state index in [1.807, 2.05) is 30.3 Å². The smallest absolute Gasteiger partial charge is 0.244 e. The molecule has 0 heterocycles. The highest BCUT2D eigenvalue weighted by Crippen LogP contribution is 2.25. The van der Waals surface area contributed by atoms with Crippen LogP contribution in [-0.2, 0) is 10.0 Å². The van der Waals surface area contributed by atoms with Crippen LogP contribution in [0.4, 0.5) is 0 Å². The van der Waals surface area contributed by atoms with Crippen LogP contribution in [-0.4, -0.2) is 22.1 Å². The Balaban J connectivity index is 2.13. The first kappa shape index (κ1) is 19.9. The molecular formula is C19H23N3O3S. The number of nitrogens with one attached hydrogen (secondary N) is 1. The minimum Gasteiger partial charge on any atom is -0.495 e. The molecule has 1 unspecified atom stereocenters. The lowest BCUT2D eigenvalue weighted by Gasteiger charge is -2.16. The topological polar surface area (TPSA) is 105 Å². The summed E-state index contributed by atoms with van der Waals surface area (Å²) in [5, 5.41) is 8.92. The van der Waals surface area contributed by atoms with Gasteiger partial charge in [0, 0.05) is 12.6 Å². The van der Waals surface area contributed by atoms with Crippen molar-refractivity contribution in [2.45, 2.75) is 30.7 Å². The molecule has 0 aromatic heterocycles. The predicted molar refractivity (Wildman–Crippen MR) is 100 cm³/mol. The third kappa shape index (κ3) is 4.61. The van der Waals surface area contributed by atoms with Crippen LogP contribution in [0.2, 0.25) is 0 Å². The largest absolute Gasteiger partial charge is 0.495 e. The third-order valence-electron chi connectivity index (χ3n) is 4.11. The van der Waals surface area contributed by atoms with E-state index in [-0.39, 0.29) is 17.2 Å². The molecule has 0 amide bonds. The maximum absolute atomic E-state index is 12.6. The Labute approximate surface area is 154 Å². The van der Waals surface area contributed by atoms with E-state index in [1.165, 1.54) is 30.9 Å². The summed E-state index contributed by atoms with van der Waals surface area (Å²) in [6.45, 7) is 4.26. The second kappa shape index (κ2) is 8.32. The second-order valence-electron chi connectivity index (χ2n) is 6.26. The van der Waals surface area contributed by atoms with Crippen LogP contribution in [0.5, 0.6) is 5.75 Å². The first-order valence-corrected chi connectivity index (χ1v) is 9.70. The fourth-order valence-electron chi connectivity index (χ4n) is 2.48. The van der Waals surface area contributed by atoms with Crippen LogP contribution in [0.15, 0.2) is 47.4 Å². The first-order chi connectivity index (χ1) is 12.3. The van der Waals surface area contributed by atoms with Crippen LogP contribution in [0.25, 0.3) is 0 Å². The van der Waals surface area contributed by atoms with Crippen molar-refractivity contribution < 1.29 is 13.2 Å². The maximum Gasteiger partial charge on any atom is 0.244 e. The van der Waals surface area contributed by atoms with Crippen molar-refractivity contribution in [3.05, 3.63) is 59.2 Å². The van der Waals surface area contributed by atoms with Crippen LogP contribution in [0.1, 0.15) is 42.5 Å². The molecule has 138 valence electrons. The molecule has 7 heteroatoms. The molecule has 0 fully saturated rings. The zero-order valence-corrected chi connectivity index (χ0v) is 15.9. The monoisotopic (exact) mass is 373 g/mol. The molecule has 0 aliphatic heterocycles. The summed E-state index contributed by atoms with van der Waals surface area (Å²) in [6.07, 6.45) is 0. The number of hydrogen-bond donors (Lipinski definition) is 2. The fraction of sp³-hybridized carbons (Fsp3) is 0.316. The van der Waals surface area contributed by atoms with Crippen LogP contribution in [0, 0.1) is 11.3 Å². The average Bonchev–Trinajstić information content (AvgIpc) is 2.65. The highest BCUT2D eigenvalue weighted by Gasteiger charge is 2.21. The summed E-state index contributed by atoms with van der Waals surface area (Å²) in [6, 6.07) is 13.5. The molecule has 1 atom stereocenters. The molecule has 0 spiro atoms. The highest BCUT2D eigenvalue weighted by molar-refractivity contribution is 7.89. The van der Waals surface area contributed by atoms with Gasteiger partial charge in [-0.15, -0.1) is 0 Å². The Morgan fingerprint density at radius 3 is 2.31 bits per heavy atom. The van der Waals surface area contributed by atoms with E-state index in [2.05, 4.69) is 18.6 Å². The number of rotatable bonds is 7. The van der Waals surface area contributed by atoms with Crippen molar-refractivity contribution in [2.24, 2.45) is 5.73 Å². The molecule has 0 radical (unpaired) electrons. The normalized spacial score (nSPS) is 12.6. The van der Waals surface area contributed by atoms with Gasteiger partial charge in [0.15, 0.2) is 0 Å². The minimum absolute atomic E-state index is 0.0265. The van der Waals surface area contributed by atoms with Crippen LogP contribution in [0.3, 0.4) is 0 Å². The second-order valence-corrected chi connectivity index (χ2v) is 7.99. The summed E-state index contributed by atoms with van der Waals surface area (Å²) < 4.78 is 32.7. The van der Waals surface area contributed by atoms with Gasteiger partial charge in [0.1, 0.15) is 10.6 Å². The van der Waals surface area contributed by atoms with E-state index in [1.54, 1.807) is 0 Å². The number of nitriles is 1. The first-order valence-electron chi connectivity index (χ1n) is 8.21. The summed E-state index contributed by atoms with van der Waals surface area (Å²) in [5.41, 5.74) is 8.49. The van der Waals surface area contributed by atoms with E-state index in [0.29, 0.717) is 11.5 Å². The molecule has 2 aromatic rings. The molecule has 2 rings (SSSR count). The Morgan fingerprint density at radius 2 is 1.77 bits per heavy atom. The number of methoxy groups -OCH3 is 1. The molecular weight excluding hydrogens is 350 g/mol. The number of sulfonamides is 1. The summed E-state index contributed by atoms with van der Waals surface area (Å²) in [4.78, 5) is -0.0265. The zero-order valence-electron chi connectivity index (χ0n) is 15.1. The van der Waals surface area contributed by atoms with E-state index in [4.69, 9.17) is 15.7 Å². The van der Waals surface area contributed by atoms with Crippen molar-refractivity contribution >= 4 is 10.0 Å². The lowest BCUT2D eigenvalue weighted by molar-refractivity contribution is 0.402. The van der Waals surface area contributed by atoms with Gasteiger partial charge in [-0.1, -0.05) is 38.1 Å². The number of benzene rings is 2. The number of nitrogens with zero attached hydrogens (tertiary/aromatic N) is 1. The molecule has 3 N–H and O–H groups in total. The van der Waals surface area contributed by atoms with E-state index in [9.17, 15) is 8.42 Å². The van der Waals surface area contributed by atoms with E-state index in [0.717, 1.165) is 5.56 Å². The summed E-state index contributed by atoms with van der Waals surface area (Å²) in [7, 11) is -2.46. The average molecular weight is 373 g/mol. The molecule has 0 aliphatic carbocycles. The van der Waals surface area contributed by atoms with Gasteiger partial charge >= 0.3 is 0 Å². The molecule has 0 aliphatic rings. The van der Waals surface area contributed by atoms with Crippen LogP contribution < -0.4 is 15.2 Å². The lowest BCUT2D eigenvalue weighted by atomic mass is 9.99. The number of ether oxygens (including phenoxy) is 1. The standard InChI is InChI=1S/C19H23N3O3S/c1-13(2)15-5-7-16(8-6-15)17(21)12-22-26(23,24)19-9-4-14(11-20)10-18(19)25-3/h4-10,13,17,22H,12,21H2,1-3H3. The Bertz CT molecular complexity index is 901. The molecule has 6 nitrogen and oxygen atoms in total. The Morgan fingerprint density at radius 1 is 1.15 bits per heavy atom. The van der Waals surface area contributed by atoms with Gasteiger partial charge in [-0.05, 0) is 35.2 Å². The Kier molecular flexibility index (Phi) is 6.37. The number of hydrogen-bond acceptors (Lipinski definition) is 5. The zero-order chi connectivity index (χ0) is 19.3. The van der Waals surface area contributed by atoms with E-state index >= 15 is 0 Å². The van der Waals surface area contributed by atoms with Gasteiger partial charge in [0.05, 0.1) is 18.7 Å². The van der Waals surface area contributed by atoms with Crippen molar-refractivity contribution in [3.63, 3.8) is 0 Å². The van der Waals surface area contributed by atoms with Crippen LogP contribution >= 0.6 is 0 Å². The highest BCUT2D eigenvalue weighted by atomic mass is 32.2. The third-order valence-corrected chi connectivity index (χ3v) is 5.57. The van der Waals surface area contributed by atoms with Crippen molar-refractivity contribution in [2.75, 3.05) is 13.7 Å². The van der Waals surface area contributed by atoms with Gasteiger partial charge < -0.3 is 10.5 Å². The minimum atomic E-state index is -3.82. The van der Waals surface area contributed by atoms with E-state index < -0.39 is 16.1 Å². The lowest BCUT2D eigenvalue weighted by Crippen LogP contribution is -2.32. The van der Waals surface area contributed by atoms with Gasteiger partial charge in [0.2, 0.25) is 10.0 Å². The molecule has 0 bridgehead atoms. The fourth-order valence-corrected chi connectivity index (χ4v) is 3.69. The summed E-state index contributed by atoms with van der Waals surface area (Å²) >= 11 is 0. The predicted octanol–water partition coefficient (Wildman–Crippen LogP) is 2.67. The summed E-state index contributed by atoms with van der Waals surface area (Å²) in [5.74, 6) is 0.536. The van der Waals surface area contributed by atoms with Crippen molar-refractivity contribution in [1.29, 1.82) is 5.26 Å². The molecule has 0 saturated heterocycles. The van der Waals surface area contributed by atoms with Crippen molar-refractivity contribution in [1.82, 2.24) is 4.72 Å². The van der Waals surface area contributed by atoms with Gasteiger partial charge in [-0.2, -0.15) is 5.26 Å². The molecule has 0 saturated carbocycles. The van der Waals surface area contributed by atoms with Gasteiger partial charge in [-0.25, -0.2) is 13.1 Å². The molecule has 2 aromatic carbocycles. The Hall–Kier alpha value is -2.40. The SMILES string of the molecule is COc1cc(C#N)ccc1S(=O)(=O)NCC(N)c1ccc(C(C)C)cc1. The quantitative estimate of drug-likeness (QED) is 0.776. The maximum atomic E-state index is 12.6. The number of nitrogens with two attached hydrogens (primary N) is 1. The van der Waals surface area contributed by atoms with Gasteiger partial charge in [0.25, 0.3) is 0 Å². The van der Waals surface area contributed by atoms with Gasteiger partial charge in [-0.3, -0.25) is 0 Å². The molecule has 26 heavy (non-hydrogen) atoms.